The molecule has 3 rings (SSSR count). The number of benzene rings is 1. The highest BCUT2D eigenvalue weighted by Gasteiger charge is 2.29. The molecule has 2 aliphatic heterocycles. The van der Waals surface area contributed by atoms with Gasteiger partial charge in [-0.25, -0.2) is 0 Å². The molecular weight excluding hydrogens is 340 g/mol. The zero-order valence-electron chi connectivity index (χ0n) is 14.7. The molecule has 1 saturated heterocycles. The number of carboxylic acids is 1. The van der Waals surface area contributed by atoms with Crippen molar-refractivity contribution in [3.05, 3.63) is 34.4 Å². The van der Waals surface area contributed by atoms with Gasteiger partial charge >= 0.3 is 5.97 Å². The maximum atomic E-state index is 11.5. The number of carbonyl (C=O) groups is 1. The Morgan fingerprint density at radius 1 is 1.36 bits per heavy atom. The SMILES string of the molecule is CN(C)[C@@H]1CC[C@H](C(=O)O)CN(CC2=Cc3cc(Cl)ccc3OC2)C1. The second-order valence-electron chi connectivity index (χ2n) is 7.20. The maximum absolute atomic E-state index is 11.5. The zero-order chi connectivity index (χ0) is 18.0. The highest BCUT2D eigenvalue weighted by atomic mass is 35.5. The molecule has 5 nitrogen and oxygen atoms in total. The minimum Gasteiger partial charge on any atom is -0.489 e. The van der Waals surface area contributed by atoms with Gasteiger partial charge in [0.15, 0.2) is 0 Å². The molecule has 0 saturated carbocycles. The Kier molecular flexibility index (Phi) is 5.67. The monoisotopic (exact) mass is 364 g/mol. The molecule has 0 bridgehead atoms. The van der Waals surface area contributed by atoms with Crippen molar-refractivity contribution < 1.29 is 14.6 Å². The van der Waals surface area contributed by atoms with E-state index in [9.17, 15) is 9.90 Å². The second kappa shape index (κ2) is 7.77. The van der Waals surface area contributed by atoms with Crippen LogP contribution in [0.25, 0.3) is 6.08 Å². The van der Waals surface area contributed by atoms with Crippen LogP contribution in [-0.2, 0) is 4.79 Å². The summed E-state index contributed by atoms with van der Waals surface area (Å²) < 4.78 is 5.83. The van der Waals surface area contributed by atoms with Gasteiger partial charge in [0.05, 0.1) is 5.92 Å². The third kappa shape index (κ3) is 4.54. The maximum Gasteiger partial charge on any atom is 0.307 e. The number of hydrogen-bond donors (Lipinski definition) is 1. The number of fused-ring (bicyclic) bond motifs is 1. The van der Waals surface area contributed by atoms with Crippen LogP contribution in [0.2, 0.25) is 5.02 Å². The summed E-state index contributed by atoms with van der Waals surface area (Å²) in [6, 6.07) is 5.99. The molecule has 0 aromatic heterocycles. The van der Waals surface area contributed by atoms with Crippen molar-refractivity contribution in [1.29, 1.82) is 0 Å². The Balaban J connectivity index is 1.76. The molecule has 1 aromatic carbocycles. The highest BCUT2D eigenvalue weighted by molar-refractivity contribution is 6.30. The van der Waals surface area contributed by atoms with E-state index in [1.165, 1.54) is 0 Å². The topological polar surface area (TPSA) is 53.0 Å². The number of nitrogens with zero attached hydrogens (tertiary/aromatic N) is 2. The van der Waals surface area contributed by atoms with Gasteiger partial charge in [0.2, 0.25) is 0 Å². The Labute approximate surface area is 153 Å². The molecule has 2 atom stereocenters. The summed E-state index contributed by atoms with van der Waals surface area (Å²) in [5.41, 5.74) is 2.14. The molecule has 136 valence electrons. The van der Waals surface area contributed by atoms with Crippen molar-refractivity contribution in [1.82, 2.24) is 9.80 Å². The summed E-state index contributed by atoms with van der Waals surface area (Å²) in [6.07, 6.45) is 3.76. The summed E-state index contributed by atoms with van der Waals surface area (Å²) in [4.78, 5) is 16.0. The molecule has 2 heterocycles. The quantitative estimate of drug-likeness (QED) is 0.890. The van der Waals surface area contributed by atoms with Gasteiger partial charge in [-0.1, -0.05) is 11.6 Å². The largest absolute Gasteiger partial charge is 0.489 e. The van der Waals surface area contributed by atoms with Crippen molar-refractivity contribution in [3.8, 4) is 5.75 Å². The number of likely N-dealkylation sites (N-methyl/N-ethyl adjacent to an activating group) is 1. The van der Waals surface area contributed by atoms with Gasteiger partial charge in [-0.15, -0.1) is 0 Å². The van der Waals surface area contributed by atoms with Crippen LogP contribution in [0.5, 0.6) is 5.75 Å². The van der Waals surface area contributed by atoms with E-state index in [0.29, 0.717) is 24.2 Å². The average molecular weight is 365 g/mol. The van der Waals surface area contributed by atoms with E-state index in [0.717, 1.165) is 42.8 Å². The summed E-state index contributed by atoms with van der Waals surface area (Å²) in [5.74, 6) is -0.161. The van der Waals surface area contributed by atoms with Gasteiger partial charge in [0.1, 0.15) is 12.4 Å². The first-order valence-corrected chi connectivity index (χ1v) is 9.03. The smallest absolute Gasteiger partial charge is 0.307 e. The lowest BCUT2D eigenvalue weighted by Crippen LogP contribution is -2.41. The molecule has 1 fully saturated rings. The van der Waals surface area contributed by atoms with E-state index in [4.69, 9.17) is 16.3 Å². The van der Waals surface area contributed by atoms with E-state index in [2.05, 4.69) is 30.0 Å². The number of halogens is 1. The van der Waals surface area contributed by atoms with Crippen molar-refractivity contribution >= 4 is 23.6 Å². The Morgan fingerprint density at radius 2 is 2.16 bits per heavy atom. The number of likely N-dealkylation sites (tertiary alicyclic amines) is 1. The summed E-state index contributed by atoms with van der Waals surface area (Å²) >= 11 is 6.08. The van der Waals surface area contributed by atoms with Crippen molar-refractivity contribution in [2.75, 3.05) is 40.3 Å². The van der Waals surface area contributed by atoms with E-state index < -0.39 is 5.97 Å². The van der Waals surface area contributed by atoms with Crippen molar-refractivity contribution in [2.24, 2.45) is 5.92 Å². The lowest BCUT2D eigenvalue weighted by atomic mass is 10.0. The molecule has 1 N–H and O–H groups in total. The van der Waals surface area contributed by atoms with E-state index in [1.807, 2.05) is 18.2 Å². The molecular formula is C19H25ClN2O3. The fourth-order valence-corrected chi connectivity index (χ4v) is 3.77. The second-order valence-corrected chi connectivity index (χ2v) is 7.63. The van der Waals surface area contributed by atoms with Gasteiger partial charge in [-0.3, -0.25) is 9.69 Å². The van der Waals surface area contributed by atoms with Gasteiger partial charge in [0.25, 0.3) is 0 Å². The molecule has 6 heteroatoms. The number of ether oxygens (including phenoxy) is 1. The molecule has 0 unspecified atom stereocenters. The van der Waals surface area contributed by atoms with Crippen LogP contribution in [0.4, 0.5) is 0 Å². The predicted octanol–water partition coefficient (Wildman–Crippen LogP) is 2.84. The van der Waals surface area contributed by atoms with Crippen LogP contribution in [0, 0.1) is 5.92 Å². The molecule has 0 amide bonds. The van der Waals surface area contributed by atoms with Gasteiger partial charge in [0, 0.05) is 36.3 Å². The van der Waals surface area contributed by atoms with E-state index >= 15 is 0 Å². The van der Waals surface area contributed by atoms with Crippen LogP contribution in [0.1, 0.15) is 18.4 Å². The minimum atomic E-state index is -0.699. The standard InChI is InChI=1S/C19H25ClN2O3/c1-21(2)17-5-3-14(19(23)24)10-22(11-17)9-13-7-15-8-16(20)4-6-18(15)25-12-13/h4,6-8,14,17H,3,5,9-12H2,1-2H3,(H,23,24)/t14-,17+/m0/s1. The Bertz CT molecular complexity index is 675. The molecule has 0 aliphatic carbocycles. The summed E-state index contributed by atoms with van der Waals surface area (Å²) in [5, 5.41) is 10.2. The van der Waals surface area contributed by atoms with Crippen LogP contribution in [-0.4, -0.2) is 67.3 Å². The van der Waals surface area contributed by atoms with Crippen LogP contribution < -0.4 is 4.74 Å². The van der Waals surface area contributed by atoms with Gasteiger partial charge < -0.3 is 14.7 Å². The highest BCUT2D eigenvalue weighted by Crippen LogP contribution is 2.30. The van der Waals surface area contributed by atoms with Crippen molar-refractivity contribution in [3.63, 3.8) is 0 Å². The van der Waals surface area contributed by atoms with Crippen LogP contribution >= 0.6 is 11.6 Å². The minimum absolute atomic E-state index is 0.309. The number of aliphatic carboxylic acids is 1. The Morgan fingerprint density at radius 3 is 2.88 bits per heavy atom. The van der Waals surface area contributed by atoms with E-state index in [1.54, 1.807) is 0 Å². The normalized spacial score (nSPS) is 24.2. The summed E-state index contributed by atoms with van der Waals surface area (Å²) in [6.45, 7) is 2.71. The predicted molar refractivity (Wildman–Crippen MR) is 99.2 cm³/mol. The summed E-state index contributed by atoms with van der Waals surface area (Å²) in [7, 11) is 4.12. The Hall–Kier alpha value is -1.56. The third-order valence-electron chi connectivity index (χ3n) is 5.05. The van der Waals surface area contributed by atoms with Crippen LogP contribution in [0.3, 0.4) is 0 Å². The number of carboxylic acid groups (broad SMARTS) is 1. The van der Waals surface area contributed by atoms with Crippen molar-refractivity contribution in [2.45, 2.75) is 18.9 Å². The molecule has 2 aliphatic rings. The van der Waals surface area contributed by atoms with Gasteiger partial charge in [-0.05, 0) is 56.8 Å². The van der Waals surface area contributed by atoms with Gasteiger partial charge in [-0.2, -0.15) is 0 Å². The number of hydrogen-bond acceptors (Lipinski definition) is 4. The van der Waals surface area contributed by atoms with E-state index in [-0.39, 0.29) is 5.92 Å². The number of rotatable bonds is 4. The fraction of sp³-hybridized carbons (Fsp3) is 0.526. The third-order valence-corrected chi connectivity index (χ3v) is 5.28. The lowest BCUT2D eigenvalue weighted by molar-refractivity contribution is -0.142. The molecule has 0 spiro atoms. The zero-order valence-corrected chi connectivity index (χ0v) is 15.5. The first-order chi connectivity index (χ1) is 11.9. The average Bonchev–Trinajstić information content (AvgIpc) is 2.77. The lowest BCUT2D eigenvalue weighted by Gasteiger charge is -2.30. The molecule has 25 heavy (non-hydrogen) atoms. The first-order valence-electron chi connectivity index (χ1n) is 8.65. The van der Waals surface area contributed by atoms with Crippen LogP contribution in [0.15, 0.2) is 23.8 Å². The first kappa shape index (κ1) is 18.2. The fourth-order valence-electron chi connectivity index (χ4n) is 3.59. The molecule has 1 aromatic rings. The molecule has 0 radical (unpaired) electrons.